The third-order valence-electron chi connectivity index (χ3n) is 4.92. The fourth-order valence-corrected chi connectivity index (χ4v) is 3.30. The number of hydrogen-bond acceptors (Lipinski definition) is 4. The van der Waals surface area contributed by atoms with Crippen LogP contribution in [0, 0.1) is 5.82 Å². The van der Waals surface area contributed by atoms with Crippen LogP contribution in [0.1, 0.15) is 23.7 Å². The zero-order chi connectivity index (χ0) is 17.6. The molecule has 6 nitrogen and oxygen atoms in total. The first-order valence-electron chi connectivity index (χ1n) is 8.23. The van der Waals surface area contributed by atoms with E-state index in [4.69, 9.17) is 0 Å². The van der Waals surface area contributed by atoms with E-state index in [2.05, 4.69) is 20.6 Å². The number of alkyl halides is 1. The van der Waals surface area contributed by atoms with E-state index in [0.29, 0.717) is 18.9 Å². The van der Waals surface area contributed by atoms with Crippen LogP contribution in [0.15, 0.2) is 18.5 Å². The second-order valence-electron chi connectivity index (χ2n) is 6.59. The number of rotatable bonds is 3. The molecule has 4 rings (SSSR count). The molecule has 1 saturated heterocycles. The lowest BCUT2D eigenvalue weighted by Gasteiger charge is -2.35. The van der Waals surface area contributed by atoms with Gasteiger partial charge in [0.05, 0.1) is 5.69 Å². The van der Waals surface area contributed by atoms with Crippen molar-refractivity contribution in [1.82, 2.24) is 20.2 Å². The summed E-state index contributed by atoms with van der Waals surface area (Å²) in [7, 11) is 0. The summed E-state index contributed by atoms with van der Waals surface area (Å²) in [4.78, 5) is 20.7. The van der Waals surface area contributed by atoms with Gasteiger partial charge in [-0.05, 0) is 0 Å². The molecule has 0 aliphatic carbocycles. The van der Waals surface area contributed by atoms with Crippen LogP contribution >= 0.6 is 0 Å². The Labute approximate surface area is 143 Å². The quantitative estimate of drug-likeness (QED) is 0.794. The van der Waals surface area contributed by atoms with Crippen LogP contribution in [0.5, 0.6) is 0 Å². The molecular weight excluding hydrogens is 328 g/mol. The Morgan fingerprint density at radius 1 is 1.44 bits per heavy atom. The Kier molecular flexibility index (Phi) is 3.72. The van der Waals surface area contributed by atoms with Crippen molar-refractivity contribution < 1.29 is 13.6 Å². The number of carbonyl (C=O) groups is 1. The van der Waals surface area contributed by atoms with Crippen LogP contribution in [0.25, 0.3) is 0 Å². The number of carbonyl (C=O) groups excluding carboxylic acids is 1. The van der Waals surface area contributed by atoms with Crippen LogP contribution in [-0.4, -0.2) is 40.4 Å². The van der Waals surface area contributed by atoms with E-state index in [-0.39, 0.29) is 24.6 Å². The van der Waals surface area contributed by atoms with Crippen LogP contribution in [0.4, 0.5) is 20.3 Å². The number of nitrogens with zero attached hydrogens (tertiary/aromatic N) is 2. The van der Waals surface area contributed by atoms with Gasteiger partial charge in [-0.2, -0.15) is 0 Å². The van der Waals surface area contributed by atoms with Gasteiger partial charge in [-0.3, -0.25) is 4.79 Å². The van der Waals surface area contributed by atoms with Crippen molar-refractivity contribution in [3.05, 3.63) is 41.1 Å². The highest BCUT2D eigenvalue weighted by atomic mass is 19.1. The number of aromatic amines is 1. The molecule has 25 heavy (non-hydrogen) atoms. The molecule has 1 fully saturated rings. The van der Waals surface area contributed by atoms with Gasteiger partial charge >= 0.3 is 0 Å². The van der Waals surface area contributed by atoms with Gasteiger partial charge in [-0.15, -0.1) is 0 Å². The van der Waals surface area contributed by atoms with Crippen LogP contribution in [-0.2, 0) is 23.4 Å². The summed E-state index contributed by atoms with van der Waals surface area (Å²) in [5.41, 5.74) is 1.08. The second kappa shape index (κ2) is 5.80. The normalized spacial score (nSPS) is 18.4. The third-order valence-corrected chi connectivity index (χ3v) is 4.92. The summed E-state index contributed by atoms with van der Waals surface area (Å²) in [6, 6.07) is 1.21. The molecule has 3 N–H and O–H groups in total. The zero-order valence-electron chi connectivity index (χ0n) is 13.8. The highest BCUT2D eigenvalue weighted by Gasteiger charge is 2.41. The molecule has 0 saturated carbocycles. The summed E-state index contributed by atoms with van der Waals surface area (Å²) < 4.78 is 28.6. The zero-order valence-corrected chi connectivity index (χ0v) is 13.8. The van der Waals surface area contributed by atoms with Crippen molar-refractivity contribution in [2.45, 2.75) is 25.6 Å². The average molecular weight is 347 g/mol. The van der Waals surface area contributed by atoms with Gasteiger partial charge in [0.1, 0.15) is 11.6 Å². The first kappa shape index (κ1) is 16.0. The SMILES string of the molecule is CC(=O)N1CCc2[nH]cc(Nc3cc(F)c(C4(F)CNC4)cn3)c2C1. The smallest absolute Gasteiger partial charge is 0.219 e. The molecule has 2 aliphatic rings. The number of anilines is 2. The predicted molar refractivity (Wildman–Crippen MR) is 88.7 cm³/mol. The van der Waals surface area contributed by atoms with Crippen LogP contribution in [0.2, 0.25) is 0 Å². The van der Waals surface area contributed by atoms with E-state index < -0.39 is 11.5 Å². The number of nitrogens with one attached hydrogen (secondary N) is 3. The van der Waals surface area contributed by atoms with Gasteiger partial charge in [0.15, 0.2) is 5.67 Å². The molecule has 0 spiro atoms. The lowest BCUT2D eigenvalue weighted by molar-refractivity contribution is -0.129. The molecule has 2 aliphatic heterocycles. The maximum Gasteiger partial charge on any atom is 0.219 e. The molecule has 8 heteroatoms. The maximum atomic E-state index is 14.3. The first-order chi connectivity index (χ1) is 12.0. The summed E-state index contributed by atoms with van der Waals surface area (Å²) in [5.74, 6) is -0.288. The second-order valence-corrected chi connectivity index (χ2v) is 6.59. The Balaban J connectivity index is 1.57. The molecule has 1 amide bonds. The first-order valence-corrected chi connectivity index (χ1v) is 8.23. The number of pyridine rings is 1. The van der Waals surface area contributed by atoms with Gasteiger partial charge < -0.3 is 20.5 Å². The lowest BCUT2D eigenvalue weighted by atomic mass is 9.91. The maximum absolute atomic E-state index is 14.3. The van der Waals surface area contributed by atoms with Crippen molar-refractivity contribution in [2.24, 2.45) is 0 Å². The average Bonchev–Trinajstić information content (AvgIpc) is 2.95. The summed E-state index contributed by atoms with van der Waals surface area (Å²) in [6.45, 7) is 2.92. The molecule has 132 valence electrons. The Morgan fingerprint density at radius 2 is 2.24 bits per heavy atom. The summed E-state index contributed by atoms with van der Waals surface area (Å²) >= 11 is 0. The van der Waals surface area contributed by atoms with Crippen LogP contribution in [0.3, 0.4) is 0 Å². The highest BCUT2D eigenvalue weighted by Crippen LogP contribution is 2.33. The van der Waals surface area contributed by atoms with Crippen molar-refractivity contribution in [3.63, 3.8) is 0 Å². The van der Waals surface area contributed by atoms with Crippen molar-refractivity contribution in [3.8, 4) is 0 Å². The van der Waals surface area contributed by atoms with Gasteiger partial charge in [0.25, 0.3) is 0 Å². The summed E-state index contributed by atoms with van der Waals surface area (Å²) in [5, 5.41) is 5.87. The molecule has 0 atom stereocenters. The van der Waals surface area contributed by atoms with Gasteiger partial charge in [0, 0.05) is 74.8 Å². The van der Waals surface area contributed by atoms with Gasteiger partial charge in [0.2, 0.25) is 5.91 Å². The molecule has 0 unspecified atom stereocenters. The Hall–Kier alpha value is -2.48. The fraction of sp³-hybridized carbons (Fsp3) is 0.412. The Morgan fingerprint density at radius 3 is 2.88 bits per heavy atom. The molecule has 0 radical (unpaired) electrons. The van der Waals surface area contributed by atoms with E-state index in [1.54, 1.807) is 18.0 Å². The largest absolute Gasteiger partial charge is 0.363 e. The number of halogens is 2. The van der Waals surface area contributed by atoms with E-state index in [0.717, 1.165) is 23.4 Å². The minimum absolute atomic E-state index is 0.0179. The molecule has 2 aromatic heterocycles. The molecule has 2 aromatic rings. The number of fused-ring (bicyclic) bond motifs is 1. The van der Waals surface area contributed by atoms with Crippen molar-refractivity contribution in [1.29, 1.82) is 0 Å². The molecular formula is C17H19F2N5O. The predicted octanol–water partition coefficient (Wildman–Crippen LogP) is 1.96. The van der Waals surface area contributed by atoms with E-state index >= 15 is 0 Å². The van der Waals surface area contributed by atoms with Gasteiger partial charge in [-0.1, -0.05) is 0 Å². The fourth-order valence-electron chi connectivity index (χ4n) is 3.30. The van der Waals surface area contributed by atoms with E-state index in [1.165, 1.54) is 12.3 Å². The highest BCUT2D eigenvalue weighted by molar-refractivity contribution is 5.74. The Bertz CT molecular complexity index is 830. The van der Waals surface area contributed by atoms with Crippen molar-refractivity contribution >= 4 is 17.4 Å². The van der Waals surface area contributed by atoms with Crippen molar-refractivity contribution in [2.75, 3.05) is 25.0 Å². The number of hydrogen-bond donors (Lipinski definition) is 3. The minimum atomic E-state index is -1.68. The van der Waals surface area contributed by atoms with Crippen LogP contribution < -0.4 is 10.6 Å². The van der Waals surface area contributed by atoms with E-state index in [9.17, 15) is 13.6 Å². The number of H-pyrrole nitrogens is 1. The number of amides is 1. The topological polar surface area (TPSA) is 73.1 Å². The molecule has 0 bridgehead atoms. The molecule has 0 aromatic carbocycles. The molecule has 4 heterocycles. The lowest BCUT2D eigenvalue weighted by Crippen LogP contribution is -2.54. The number of aromatic nitrogens is 2. The third kappa shape index (κ3) is 2.76. The van der Waals surface area contributed by atoms with Gasteiger partial charge in [-0.25, -0.2) is 13.8 Å². The monoisotopic (exact) mass is 347 g/mol. The standard InChI is InChI=1S/C17H19F2N5O/c1-10(25)24-3-2-14-11(7-24)15(6-21-14)23-16-4-13(18)12(5-22-16)17(19)8-20-9-17/h4-6,20-21H,2-3,7-9H2,1H3,(H,22,23). The minimum Gasteiger partial charge on any atom is -0.363 e. The summed E-state index contributed by atoms with van der Waals surface area (Å²) in [6.07, 6.45) is 3.78. The van der Waals surface area contributed by atoms with E-state index in [1.807, 2.05) is 0 Å².